The number of amides is 3. The van der Waals surface area contributed by atoms with Crippen LogP contribution >= 0.6 is 7.60 Å². The SMILES string of the molecule is CCC1CC1(NC(=O)[C@@H]1C[C@@H]2CN1C(=O)[C@H](C)NC(=O)OCC(C)(C)CCCc1ccc3ccnc(c3c1)O2)P(=O)(O)O. The monoisotopic (exact) mass is 616 g/mol. The van der Waals surface area contributed by atoms with Crippen molar-refractivity contribution in [1.82, 2.24) is 20.5 Å². The van der Waals surface area contributed by atoms with Crippen molar-refractivity contribution in [3.8, 4) is 5.88 Å². The van der Waals surface area contributed by atoms with Crippen LogP contribution in [0.4, 0.5) is 4.79 Å². The summed E-state index contributed by atoms with van der Waals surface area (Å²) in [6, 6.07) is 5.92. The summed E-state index contributed by atoms with van der Waals surface area (Å²) < 4.78 is 24.2. The lowest BCUT2D eigenvalue weighted by Gasteiger charge is -2.29. The number of benzene rings is 1. The van der Waals surface area contributed by atoms with Gasteiger partial charge >= 0.3 is 13.7 Å². The Kier molecular flexibility index (Phi) is 8.50. The van der Waals surface area contributed by atoms with Gasteiger partial charge in [-0.05, 0) is 67.0 Å². The van der Waals surface area contributed by atoms with Crippen LogP contribution in [0.25, 0.3) is 10.8 Å². The first kappa shape index (κ1) is 31.2. The van der Waals surface area contributed by atoms with Gasteiger partial charge in [0.2, 0.25) is 17.7 Å². The molecule has 5 atom stereocenters. The van der Waals surface area contributed by atoms with E-state index in [1.54, 1.807) is 13.1 Å². The molecule has 3 aliphatic rings. The molecule has 4 N–H and O–H groups in total. The predicted molar refractivity (Wildman–Crippen MR) is 158 cm³/mol. The molecule has 1 aromatic carbocycles. The normalized spacial score (nSPS) is 29.7. The van der Waals surface area contributed by atoms with Crippen LogP contribution in [0.2, 0.25) is 0 Å². The first-order valence-electron chi connectivity index (χ1n) is 14.9. The number of alkyl carbamates (subject to hydrolysis) is 1. The second-order valence-electron chi connectivity index (χ2n) is 12.9. The van der Waals surface area contributed by atoms with Crippen molar-refractivity contribution in [1.29, 1.82) is 0 Å². The van der Waals surface area contributed by atoms with Crippen molar-refractivity contribution < 1.29 is 38.2 Å². The first-order chi connectivity index (χ1) is 20.2. The molecule has 4 bridgehead atoms. The molecule has 2 aromatic rings. The molecule has 234 valence electrons. The number of pyridine rings is 1. The Morgan fingerprint density at radius 2 is 2.02 bits per heavy atom. The van der Waals surface area contributed by atoms with Gasteiger partial charge in [0.25, 0.3) is 0 Å². The summed E-state index contributed by atoms with van der Waals surface area (Å²) >= 11 is 0. The van der Waals surface area contributed by atoms with E-state index in [1.165, 1.54) is 11.8 Å². The molecular formula is C30H41N4O8P. The number of cyclic esters (lactones) is 1. The predicted octanol–water partition coefficient (Wildman–Crippen LogP) is 3.48. The molecule has 12 nitrogen and oxygen atoms in total. The number of rotatable bonds is 4. The lowest BCUT2D eigenvalue weighted by Crippen LogP contribution is -2.54. The first-order valence-corrected chi connectivity index (χ1v) is 16.5. The molecule has 2 fully saturated rings. The molecular weight excluding hydrogens is 575 g/mol. The molecule has 1 saturated heterocycles. The molecule has 1 aromatic heterocycles. The Morgan fingerprint density at radius 1 is 1.26 bits per heavy atom. The van der Waals surface area contributed by atoms with Gasteiger partial charge in [-0.15, -0.1) is 0 Å². The molecule has 13 heteroatoms. The zero-order valence-corrected chi connectivity index (χ0v) is 25.9. The fraction of sp³-hybridized carbons (Fsp3) is 0.600. The number of nitrogens with one attached hydrogen (secondary N) is 2. The lowest BCUT2D eigenvalue weighted by molar-refractivity contribution is -0.140. The van der Waals surface area contributed by atoms with Gasteiger partial charge in [0.05, 0.1) is 13.2 Å². The van der Waals surface area contributed by atoms with Gasteiger partial charge in [0.15, 0.2) is 0 Å². The van der Waals surface area contributed by atoms with Crippen molar-refractivity contribution in [3.05, 3.63) is 36.0 Å². The Morgan fingerprint density at radius 3 is 2.72 bits per heavy atom. The molecule has 3 heterocycles. The van der Waals surface area contributed by atoms with E-state index in [0.29, 0.717) is 12.3 Å². The minimum absolute atomic E-state index is 0.0168. The summed E-state index contributed by atoms with van der Waals surface area (Å²) in [5.74, 6) is -1.20. The number of nitrogens with zero attached hydrogens (tertiary/aromatic N) is 2. The summed E-state index contributed by atoms with van der Waals surface area (Å²) in [7, 11) is -4.68. The zero-order chi connectivity index (χ0) is 31.2. The van der Waals surface area contributed by atoms with Crippen LogP contribution in [0.3, 0.4) is 0 Å². The van der Waals surface area contributed by atoms with Crippen LogP contribution in [0.5, 0.6) is 5.88 Å². The average Bonchev–Trinajstić information content (AvgIpc) is 3.52. The third-order valence-corrected chi connectivity index (χ3v) is 10.7. The highest BCUT2D eigenvalue weighted by Crippen LogP contribution is 2.67. The number of hydrogen-bond donors (Lipinski definition) is 4. The number of carbonyl (C=O) groups excluding carboxylic acids is 3. The van der Waals surface area contributed by atoms with E-state index in [2.05, 4.69) is 21.7 Å². The van der Waals surface area contributed by atoms with Crippen LogP contribution in [0.1, 0.15) is 65.4 Å². The van der Waals surface area contributed by atoms with Crippen molar-refractivity contribution in [3.63, 3.8) is 0 Å². The topological polar surface area (TPSA) is 167 Å². The highest BCUT2D eigenvalue weighted by atomic mass is 31.2. The van der Waals surface area contributed by atoms with Gasteiger partial charge < -0.3 is 34.8 Å². The second kappa shape index (κ2) is 11.7. The molecule has 5 rings (SSSR count). The number of aromatic nitrogens is 1. The number of hydrogen-bond acceptors (Lipinski definition) is 7. The van der Waals surface area contributed by atoms with E-state index >= 15 is 0 Å². The number of carbonyl (C=O) groups is 3. The molecule has 43 heavy (non-hydrogen) atoms. The molecule has 1 saturated carbocycles. The largest absolute Gasteiger partial charge is 0.472 e. The number of aryl methyl sites for hydroxylation is 1. The smallest absolute Gasteiger partial charge is 0.407 e. The van der Waals surface area contributed by atoms with Crippen LogP contribution in [-0.4, -0.2) is 74.2 Å². The van der Waals surface area contributed by atoms with Gasteiger partial charge in [-0.25, -0.2) is 9.78 Å². The van der Waals surface area contributed by atoms with Crippen LogP contribution < -0.4 is 15.4 Å². The van der Waals surface area contributed by atoms with E-state index in [-0.39, 0.29) is 37.3 Å². The van der Waals surface area contributed by atoms with E-state index < -0.39 is 49.0 Å². The second-order valence-corrected chi connectivity index (χ2v) is 14.8. The van der Waals surface area contributed by atoms with Crippen molar-refractivity contribution in [2.45, 2.75) is 89.7 Å². The van der Waals surface area contributed by atoms with Crippen molar-refractivity contribution in [2.75, 3.05) is 13.2 Å². The Labute approximate surface area is 251 Å². The van der Waals surface area contributed by atoms with Gasteiger partial charge in [-0.1, -0.05) is 39.3 Å². The maximum absolute atomic E-state index is 13.7. The van der Waals surface area contributed by atoms with Crippen molar-refractivity contribution in [2.24, 2.45) is 11.3 Å². The molecule has 2 aliphatic heterocycles. The summed E-state index contributed by atoms with van der Waals surface area (Å²) in [4.78, 5) is 65.9. The fourth-order valence-corrected chi connectivity index (χ4v) is 7.65. The third kappa shape index (κ3) is 6.51. The van der Waals surface area contributed by atoms with Crippen LogP contribution in [-0.2, 0) is 25.3 Å². The minimum Gasteiger partial charge on any atom is -0.472 e. The standard InChI is InChI=1S/C30H41N4O8P/c1-5-21-15-30(21,43(38,39)40)33-25(35)24-14-22-16-34(24)27(36)18(2)32-28(37)41-17-29(3,4)11-6-7-19-8-9-20-10-12-31-26(42-22)23(20)13-19/h8-10,12-13,18,21-22,24H,5-7,11,14-17H2,1-4H3,(H,32,37)(H,33,35)(H2,38,39,40)/t18-,21?,22+,24-,30?/m0/s1. The third-order valence-electron chi connectivity index (χ3n) is 8.96. The number of ether oxygens (including phenoxy) is 2. The van der Waals surface area contributed by atoms with Gasteiger partial charge in [0.1, 0.15) is 23.5 Å². The van der Waals surface area contributed by atoms with Gasteiger partial charge in [-0.2, -0.15) is 0 Å². The molecule has 1 aliphatic carbocycles. The Hall–Kier alpha value is -3.21. The maximum Gasteiger partial charge on any atom is 0.407 e. The minimum atomic E-state index is -4.68. The molecule has 2 unspecified atom stereocenters. The highest BCUT2D eigenvalue weighted by Gasteiger charge is 2.66. The molecule has 0 spiro atoms. The Bertz CT molecular complexity index is 1460. The van der Waals surface area contributed by atoms with Crippen LogP contribution in [0.15, 0.2) is 30.5 Å². The van der Waals surface area contributed by atoms with E-state index in [0.717, 1.165) is 35.6 Å². The van der Waals surface area contributed by atoms with E-state index in [4.69, 9.17) is 9.47 Å². The molecule has 0 radical (unpaired) electrons. The summed E-state index contributed by atoms with van der Waals surface area (Å²) in [5, 5.41) is 5.30. The van der Waals surface area contributed by atoms with Gasteiger partial charge in [-0.3, -0.25) is 14.2 Å². The number of fused-ring (bicyclic) bond motifs is 3. The quantitative estimate of drug-likeness (QED) is 0.376. The fourth-order valence-electron chi connectivity index (χ4n) is 6.28. The molecule has 3 amide bonds. The van der Waals surface area contributed by atoms with E-state index in [1.807, 2.05) is 32.0 Å². The lowest BCUT2D eigenvalue weighted by atomic mass is 9.87. The summed E-state index contributed by atoms with van der Waals surface area (Å²) in [6.07, 6.45) is 3.49. The van der Waals surface area contributed by atoms with Gasteiger partial charge in [0, 0.05) is 18.0 Å². The van der Waals surface area contributed by atoms with E-state index in [9.17, 15) is 28.7 Å². The summed E-state index contributed by atoms with van der Waals surface area (Å²) in [6.45, 7) is 7.53. The van der Waals surface area contributed by atoms with Crippen LogP contribution in [0, 0.1) is 11.3 Å². The maximum atomic E-state index is 13.7. The highest BCUT2D eigenvalue weighted by molar-refractivity contribution is 7.54. The van der Waals surface area contributed by atoms with Crippen molar-refractivity contribution >= 4 is 36.3 Å². The summed E-state index contributed by atoms with van der Waals surface area (Å²) in [5.41, 5.74) is 0.815. The Balaban J connectivity index is 1.47. The zero-order valence-electron chi connectivity index (χ0n) is 25.0. The average molecular weight is 617 g/mol.